The van der Waals surface area contributed by atoms with Crippen LogP contribution in [0, 0.1) is 10.1 Å². The van der Waals surface area contributed by atoms with Crippen LogP contribution >= 0.6 is 11.3 Å². The van der Waals surface area contributed by atoms with E-state index in [1.165, 1.54) is 23.5 Å². The molecule has 0 aliphatic carbocycles. The van der Waals surface area contributed by atoms with E-state index < -0.39 is 4.92 Å². The minimum absolute atomic E-state index is 0.0306. The van der Waals surface area contributed by atoms with Gasteiger partial charge in [0.1, 0.15) is 15.6 Å². The SMILES string of the molecule is O=[N+]([O-])c1ccc(-c2nc(NCCO)c3ccsc3n2)o1. The summed E-state index contributed by atoms with van der Waals surface area (Å²) in [4.78, 5) is 19.4. The van der Waals surface area contributed by atoms with Crippen LogP contribution < -0.4 is 5.32 Å². The van der Waals surface area contributed by atoms with Gasteiger partial charge in [-0.2, -0.15) is 0 Å². The van der Waals surface area contributed by atoms with E-state index in [1.54, 1.807) is 0 Å². The van der Waals surface area contributed by atoms with E-state index in [9.17, 15) is 10.1 Å². The Morgan fingerprint density at radius 2 is 2.24 bits per heavy atom. The third-order valence-corrected chi connectivity index (χ3v) is 3.53. The lowest BCUT2D eigenvalue weighted by Crippen LogP contribution is -2.08. The van der Waals surface area contributed by atoms with Gasteiger partial charge in [-0.15, -0.1) is 11.3 Å². The first-order valence-corrected chi connectivity index (χ1v) is 6.91. The number of furan rings is 1. The first-order valence-electron chi connectivity index (χ1n) is 6.03. The number of thiophene rings is 1. The van der Waals surface area contributed by atoms with Crippen LogP contribution in [-0.4, -0.2) is 33.1 Å². The van der Waals surface area contributed by atoms with Gasteiger partial charge in [0.15, 0.2) is 11.6 Å². The molecule has 3 aromatic heterocycles. The fourth-order valence-electron chi connectivity index (χ4n) is 1.82. The molecule has 9 heteroatoms. The van der Waals surface area contributed by atoms with Crippen molar-refractivity contribution in [3.05, 3.63) is 33.7 Å². The highest BCUT2D eigenvalue weighted by atomic mass is 32.1. The second kappa shape index (κ2) is 5.46. The van der Waals surface area contributed by atoms with Gasteiger partial charge in [0.2, 0.25) is 0 Å². The molecule has 8 nitrogen and oxygen atoms in total. The molecule has 0 saturated heterocycles. The van der Waals surface area contributed by atoms with Crippen LogP contribution in [-0.2, 0) is 0 Å². The Hall–Kier alpha value is -2.52. The van der Waals surface area contributed by atoms with Gasteiger partial charge >= 0.3 is 5.88 Å². The number of aliphatic hydroxyl groups excluding tert-OH is 1. The lowest BCUT2D eigenvalue weighted by molar-refractivity contribution is -0.401. The molecular formula is C12H10N4O4S. The maximum atomic E-state index is 10.7. The average molecular weight is 306 g/mol. The highest BCUT2D eigenvalue weighted by molar-refractivity contribution is 7.16. The summed E-state index contributed by atoms with van der Waals surface area (Å²) in [6, 6.07) is 4.59. The highest BCUT2D eigenvalue weighted by Crippen LogP contribution is 2.30. The third-order valence-electron chi connectivity index (χ3n) is 2.72. The summed E-state index contributed by atoms with van der Waals surface area (Å²) in [6.07, 6.45) is 0. The molecule has 0 amide bonds. The Morgan fingerprint density at radius 3 is 2.95 bits per heavy atom. The molecule has 3 rings (SSSR count). The lowest BCUT2D eigenvalue weighted by Gasteiger charge is -2.06. The predicted octanol–water partition coefficient (Wildman–Crippen LogP) is 2.26. The van der Waals surface area contributed by atoms with E-state index in [1.807, 2.05) is 11.4 Å². The number of fused-ring (bicyclic) bond motifs is 1. The summed E-state index contributed by atoms with van der Waals surface area (Å²) in [5, 5.41) is 25.3. The van der Waals surface area contributed by atoms with Gasteiger partial charge in [-0.05, 0) is 17.5 Å². The molecule has 0 atom stereocenters. The van der Waals surface area contributed by atoms with E-state index >= 15 is 0 Å². The van der Waals surface area contributed by atoms with Crippen molar-refractivity contribution >= 4 is 33.3 Å². The van der Waals surface area contributed by atoms with Gasteiger partial charge in [-0.25, -0.2) is 9.97 Å². The first kappa shape index (κ1) is 13.5. The Bertz CT molecular complexity index is 798. The van der Waals surface area contributed by atoms with Crippen molar-refractivity contribution in [1.29, 1.82) is 0 Å². The number of anilines is 1. The van der Waals surface area contributed by atoms with Crippen LogP contribution in [0.3, 0.4) is 0 Å². The predicted molar refractivity (Wildman–Crippen MR) is 77.3 cm³/mol. The second-order valence-corrected chi connectivity index (χ2v) is 4.98. The van der Waals surface area contributed by atoms with Crippen molar-refractivity contribution in [2.24, 2.45) is 0 Å². The van der Waals surface area contributed by atoms with Crippen molar-refractivity contribution in [1.82, 2.24) is 9.97 Å². The van der Waals surface area contributed by atoms with Crippen molar-refractivity contribution in [2.45, 2.75) is 0 Å². The van der Waals surface area contributed by atoms with Gasteiger partial charge in [-0.1, -0.05) is 0 Å². The van der Waals surface area contributed by atoms with Crippen molar-refractivity contribution < 1.29 is 14.4 Å². The minimum Gasteiger partial charge on any atom is -0.397 e. The topological polar surface area (TPSA) is 114 Å². The molecule has 108 valence electrons. The summed E-state index contributed by atoms with van der Waals surface area (Å²) in [7, 11) is 0. The highest BCUT2D eigenvalue weighted by Gasteiger charge is 2.17. The van der Waals surface area contributed by atoms with Gasteiger partial charge in [0, 0.05) is 6.54 Å². The summed E-state index contributed by atoms with van der Waals surface area (Å²) in [6.45, 7) is 0.316. The van der Waals surface area contributed by atoms with Gasteiger partial charge in [-0.3, -0.25) is 10.1 Å². The summed E-state index contributed by atoms with van der Waals surface area (Å²) in [5.74, 6) is 0.691. The first-order chi connectivity index (χ1) is 10.2. The van der Waals surface area contributed by atoms with Crippen LogP contribution in [0.1, 0.15) is 0 Å². The molecule has 0 bridgehead atoms. The zero-order valence-electron chi connectivity index (χ0n) is 10.6. The smallest absolute Gasteiger partial charge is 0.397 e. The zero-order chi connectivity index (χ0) is 14.8. The number of aromatic nitrogens is 2. The molecule has 0 aliphatic heterocycles. The monoisotopic (exact) mass is 306 g/mol. The molecule has 3 aromatic rings. The second-order valence-electron chi connectivity index (χ2n) is 4.08. The zero-order valence-corrected chi connectivity index (χ0v) is 11.5. The number of nitrogens with zero attached hydrogens (tertiary/aromatic N) is 3. The largest absolute Gasteiger partial charge is 0.433 e. The Kier molecular flexibility index (Phi) is 3.50. The molecule has 21 heavy (non-hydrogen) atoms. The maximum Gasteiger partial charge on any atom is 0.433 e. The summed E-state index contributed by atoms with van der Waals surface area (Å²) < 4.78 is 5.12. The van der Waals surface area contributed by atoms with Gasteiger partial charge in [0.05, 0.1) is 18.1 Å². The Labute approximate surface area is 122 Å². The molecule has 0 aliphatic rings. The minimum atomic E-state index is -0.613. The average Bonchev–Trinajstić information content (AvgIpc) is 3.12. The van der Waals surface area contributed by atoms with Crippen molar-refractivity contribution in [2.75, 3.05) is 18.5 Å². The summed E-state index contributed by atoms with van der Waals surface area (Å²) >= 11 is 1.43. The fourth-order valence-corrected chi connectivity index (χ4v) is 2.58. The number of nitrogens with one attached hydrogen (secondary N) is 1. The number of nitro groups is 1. The fraction of sp³-hybridized carbons (Fsp3) is 0.167. The van der Waals surface area contributed by atoms with Crippen LogP contribution in [0.5, 0.6) is 0 Å². The van der Waals surface area contributed by atoms with Gasteiger partial charge in [0.25, 0.3) is 0 Å². The molecule has 0 aromatic carbocycles. The molecular weight excluding hydrogens is 296 g/mol. The molecule has 3 heterocycles. The quantitative estimate of drug-likeness (QED) is 0.549. The third kappa shape index (κ3) is 2.56. The lowest BCUT2D eigenvalue weighted by atomic mass is 10.3. The van der Waals surface area contributed by atoms with Crippen LogP contribution in [0.25, 0.3) is 21.8 Å². The molecule has 0 spiro atoms. The molecule has 0 radical (unpaired) electrons. The standard InChI is InChI=1S/C12H10N4O4S/c17-5-4-13-10-7-3-6-21-12(7)15-11(14-10)8-1-2-9(20-8)16(18)19/h1-3,6,17H,4-5H2,(H,13,14,15). The number of aliphatic hydroxyl groups is 1. The van der Waals surface area contributed by atoms with Crippen molar-refractivity contribution in [3.63, 3.8) is 0 Å². The maximum absolute atomic E-state index is 10.7. The van der Waals surface area contributed by atoms with E-state index in [0.717, 1.165) is 10.2 Å². The molecule has 2 N–H and O–H groups in total. The molecule has 0 saturated carbocycles. The summed E-state index contributed by atoms with van der Waals surface area (Å²) in [5.41, 5.74) is 0. The van der Waals surface area contributed by atoms with Crippen LogP contribution in [0.4, 0.5) is 11.7 Å². The van der Waals surface area contributed by atoms with E-state index in [4.69, 9.17) is 9.52 Å². The van der Waals surface area contributed by atoms with E-state index in [2.05, 4.69) is 15.3 Å². The van der Waals surface area contributed by atoms with Crippen LogP contribution in [0.15, 0.2) is 28.0 Å². The molecule has 0 unspecified atom stereocenters. The Balaban J connectivity index is 2.06. The number of hydrogen-bond donors (Lipinski definition) is 2. The van der Waals surface area contributed by atoms with E-state index in [0.29, 0.717) is 12.4 Å². The van der Waals surface area contributed by atoms with Crippen LogP contribution in [0.2, 0.25) is 0 Å². The normalized spacial score (nSPS) is 10.9. The van der Waals surface area contributed by atoms with E-state index in [-0.39, 0.29) is 24.1 Å². The van der Waals surface area contributed by atoms with Crippen molar-refractivity contribution in [3.8, 4) is 11.6 Å². The number of rotatable bonds is 5. The van der Waals surface area contributed by atoms with Gasteiger partial charge < -0.3 is 14.8 Å². The number of hydrogen-bond acceptors (Lipinski definition) is 8. The molecule has 0 fully saturated rings. The Morgan fingerprint density at radius 1 is 1.38 bits per heavy atom.